The van der Waals surface area contributed by atoms with E-state index in [4.69, 9.17) is 4.74 Å². The Bertz CT molecular complexity index is 580. The molecule has 2 aromatic carbocycles. The molecule has 0 saturated heterocycles. The molecule has 0 aliphatic rings. The number of nitrogens with one attached hydrogen (secondary N) is 1. The second-order valence-corrected chi connectivity index (χ2v) is 6.04. The summed E-state index contributed by atoms with van der Waals surface area (Å²) in [5.41, 5.74) is 3.79. The molecule has 0 spiro atoms. The summed E-state index contributed by atoms with van der Waals surface area (Å²) in [4.78, 5) is 0. The van der Waals surface area contributed by atoms with Crippen LogP contribution in [0, 0.1) is 6.92 Å². The molecule has 2 nitrogen and oxygen atoms in total. The van der Waals surface area contributed by atoms with Crippen molar-refractivity contribution in [3.05, 3.63) is 63.6 Å². The minimum Gasteiger partial charge on any atom is -0.497 e. The van der Waals surface area contributed by atoms with Crippen LogP contribution in [0.3, 0.4) is 0 Å². The minimum absolute atomic E-state index is 0.185. The highest BCUT2D eigenvalue weighted by atomic mass is 79.9. The molecule has 0 aromatic heterocycles. The normalized spacial score (nSPS) is 12.2. The van der Waals surface area contributed by atoms with Crippen molar-refractivity contribution >= 4 is 15.9 Å². The zero-order chi connectivity index (χ0) is 15.2. The summed E-state index contributed by atoms with van der Waals surface area (Å²) in [5, 5.41) is 3.64. The number of halogens is 1. The van der Waals surface area contributed by atoms with Gasteiger partial charge in [-0.25, -0.2) is 0 Å². The van der Waals surface area contributed by atoms with Gasteiger partial charge >= 0.3 is 0 Å². The number of aryl methyl sites for hydroxylation is 1. The van der Waals surface area contributed by atoms with Gasteiger partial charge in [0.05, 0.1) is 13.2 Å². The third kappa shape index (κ3) is 4.08. The average molecular weight is 348 g/mol. The van der Waals surface area contributed by atoms with Crippen molar-refractivity contribution in [1.82, 2.24) is 5.32 Å². The van der Waals surface area contributed by atoms with Gasteiger partial charge in [0.15, 0.2) is 0 Å². The molecule has 0 amide bonds. The fourth-order valence-electron chi connectivity index (χ4n) is 2.38. The smallest absolute Gasteiger partial charge is 0.118 e. The third-order valence-corrected chi connectivity index (χ3v) is 4.23. The lowest BCUT2D eigenvalue weighted by molar-refractivity contribution is 0.414. The Balaban J connectivity index is 2.38. The van der Waals surface area contributed by atoms with Crippen molar-refractivity contribution < 1.29 is 4.74 Å². The highest BCUT2D eigenvalue weighted by Gasteiger charge is 2.16. The van der Waals surface area contributed by atoms with E-state index >= 15 is 0 Å². The lowest BCUT2D eigenvalue weighted by Crippen LogP contribution is -2.23. The van der Waals surface area contributed by atoms with Crippen LogP contribution in [-0.2, 0) is 0 Å². The van der Waals surface area contributed by atoms with E-state index in [-0.39, 0.29) is 6.04 Å². The van der Waals surface area contributed by atoms with Gasteiger partial charge in [0, 0.05) is 4.47 Å². The first kappa shape index (κ1) is 16.1. The minimum atomic E-state index is 0.185. The fraction of sp³-hybridized carbons (Fsp3) is 0.333. The van der Waals surface area contributed by atoms with E-state index in [0.29, 0.717) is 0 Å². The van der Waals surface area contributed by atoms with Gasteiger partial charge in [0.25, 0.3) is 0 Å². The SMILES string of the molecule is CCCNC(c1ccc(OC)cc1)c1cc(C)ccc1Br. The van der Waals surface area contributed by atoms with Gasteiger partial charge in [0.1, 0.15) is 5.75 Å². The largest absolute Gasteiger partial charge is 0.497 e. The van der Waals surface area contributed by atoms with E-state index in [1.165, 1.54) is 16.7 Å². The van der Waals surface area contributed by atoms with Crippen LogP contribution in [0.1, 0.15) is 36.1 Å². The summed E-state index contributed by atoms with van der Waals surface area (Å²) in [7, 11) is 1.69. The molecule has 112 valence electrons. The summed E-state index contributed by atoms with van der Waals surface area (Å²) in [6.07, 6.45) is 1.11. The summed E-state index contributed by atoms with van der Waals surface area (Å²) >= 11 is 3.68. The van der Waals surface area contributed by atoms with E-state index in [1.807, 2.05) is 12.1 Å². The van der Waals surface area contributed by atoms with Gasteiger partial charge in [0.2, 0.25) is 0 Å². The molecule has 2 rings (SSSR count). The summed E-state index contributed by atoms with van der Waals surface area (Å²) in [6, 6.07) is 14.9. The highest BCUT2D eigenvalue weighted by Crippen LogP contribution is 2.30. The first-order valence-corrected chi connectivity index (χ1v) is 8.08. The van der Waals surface area contributed by atoms with Crippen molar-refractivity contribution in [2.75, 3.05) is 13.7 Å². The molecule has 1 unspecified atom stereocenters. The van der Waals surface area contributed by atoms with Crippen LogP contribution >= 0.6 is 15.9 Å². The molecule has 0 radical (unpaired) electrons. The second-order valence-electron chi connectivity index (χ2n) is 5.19. The number of hydrogen-bond acceptors (Lipinski definition) is 2. The standard InChI is InChI=1S/C18H22BrNO/c1-4-11-20-18(14-6-8-15(21-3)9-7-14)16-12-13(2)5-10-17(16)19/h5-10,12,18,20H,4,11H2,1-3H3. The lowest BCUT2D eigenvalue weighted by Gasteiger charge is -2.21. The predicted molar refractivity (Wildman–Crippen MR) is 92.0 cm³/mol. The Hall–Kier alpha value is -1.32. The van der Waals surface area contributed by atoms with E-state index in [0.717, 1.165) is 23.2 Å². The first-order valence-electron chi connectivity index (χ1n) is 7.29. The Labute approximate surface area is 135 Å². The molecule has 0 aliphatic carbocycles. The molecule has 0 bridgehead atoms. The van der Waals surface area contributed by atoms with E-state index in [9.17, 15) is 0 Å². The molecule has 0 saturated carbocycles. The molecule has 1 atom stereocenters. The van der Waals surface area contributed by atoms with Crippen LogP contribution in [-0.4, -0.2) is 13.7 Å². The van der Waals surface area contributed by atoms with Gasteiger partial charge in [-0.2, -0.15) is 0 Å². The fourth-order valence-corrected chi connectivity index (χ4v) is 2.85. The van der Waals surface area contributed by atoms with Gasteiger partial charge in [-0.05, 0) is 49.2 Å². The first-order chi connectivity index (χ1) is 10.2. The lowest BCUT2D eigenvalue weighted by atomic mass is 9.97. The number of rotatable bonds is 6. The molecule has 3 heteroatoms. The van der Waals surface area contributed by atoms with Crippen LogP contribution < -0.4 is 10.1 Å². The van der Waals surface area contributed by atoms with Gasteiger partial charge in [-0.1, -0.05) is 52.7 Å². The van der Waals surface area contributed by atoms with Crippen LogP contribution in [0.5, 0.6) is 5.75 Å². The van der Waals surface area contributed by atoms with Crippen molar-refractivity contribution in [1.29, 1.82) is 0 Å². The van der Waals surface area contributed by atoms with Crippen molar-refractivity contribution in [2.24, 2.45) is 0 Å². The summed E-state index contributed by atoms with van der Waals surface area (Å²) in [6.45, 7) is 5.29. The van der Waals surface area contributed by atoms with Gasteiger partial charge in [-0.15, -0.1) is 0 Å². The van der Waals surface area contributed by atoms with Crippen molar-refractivity contribution in [2.45, 2.75) is 26.3 Å². The van der Waals surface area contributed by atoms with E-state index < -0.39 is 0 Å². The molecular formula is C18H22BrNO. The number of benzene rings is 2. The molecule has 1 N–H and O–H groups in total. The molecule has 0 fully saturated rings. The monoisotopic (exact) mass is 347 g/mol. The maximum Gasteiger partial charge on any atom is 0.118 e. The quantitative estimate of drug-likeness (QED) is 0.805. The van der Waals surface area contributed by atoms with Crippen LogP contribution in [0.15, 0.2) is 46.9 Å². The van der Waals surface area contributed by atoms with Crippen molar-refractivity contribution in [3.63, 3.8) is 0 Å². The zero-order valence-corrected chi connectivity index (χ0v) is 14.4. The molecular weight excluding hydrogens is 326 g/mol. The molecule has 21 heavy (non-hydrogen) atoms. The summed E-state index contributed by atoms with van der Waals surface area (Å²) in [5.74, 6) is 0.885. The Kier molecular flexibility index (Phi) is 5.83. The van der Waals surface area contributed by atoms with Crippen LogP contribution in [0.4, 0.5) is 0 Å². The zero-order valence-electron chi connectivity index (χ0n) is 12.8. The van der Waals surface area contributed by atoms with Crippen molar-refractivity contribution in [3.8, 4) is 5.75 Å². The second kappa shape index (κ2) is 7.62. The highest BCUT2D eigenvalue weighted by molar-refractivity contribution is 9.10. The van der Waals surface area contributed by atoms with Gasteiger partial charge in [-0.3, -0.25) is 0 Å². The molecule has 0 heterocycles. The number of ether oxygens (including phenoxy) is 1. The number of methoxy groups -OCH3 is 1. The van der Waals surface area contributed by atoms with E-state index in [1.54, 1.807) is 7.11 Å². The topological polar surface area (TPSA) is 21.3 Å². The Morgan fingerprint density at radius 3 is 2.48 bits per heavy atom. The Morgan fingerprint density at radius 1 is 1.14 bits per heavy atom. The molecule has 2 aromatic rings. The average Bonchev–Trinajstić information content (AvgIpc) is 2.51. The maximum absolute atomic E-state index is 5.25. The van der Waals surface area contributed by atoms with Gasteiger partial charge < -0.3 is 10.1 Å². The van der Waals surface area contributed by atoms with E-state index in [2.05, 4.69) is 65.4 Å². The third-order valence-electron chi connectivity index (χ3n) is 3.51. The predicted octanol–water partition coefficient (Wildman–Crippen LogP) is 4.86. The van der Waals surface area contributed by atoms with Crippen LogP contribution in [0.2, 0.25) is 0 Å². The molecule has 0 aliphatic heterocycles. The maximum atomic E-state index is 5.25. The number of hydrogen-bond donors (Lipinski definition) is 1. The Morgan fingerprint density at radius 2 is 1.86 bits per heavy atom. The van der Waals surface area contributed by atoms with Crippen LogP contribution in [0.25, 0.3) is 0 Å². The summed E-state index contributed by atoms with van der Waals surface area (Å²) < 4.78 is 6.39.